The fraction of sp³-hybridized carbons (Fsp3) is 0.455. The smallest absolute Gasteiger partial charge is 0.220 e. The molecule has 2 aliphatic heterocycles. The molecule has 2 aromatic heterocycles. The number of rotatable bonds is 4. The number of hydrogen-bond donors (Lipinski definition) is 2. The lowest BCUT2D eigenvalue weighted by atomic mass is 9.96. The largest absolute Gasteiger partial charge is 0.370 e. The van der Waals surface area contributed by atoms with Gasteiger partial charge in [0.25, 0.3) is 0 Å². The molecule has 2 aromatic rings. The summed E-state index contributed by atoms with van der Waals surface area (Å²) in [6, 6.07) is 1.98. The molecule has 2 aliphatic rings. The van der Waals surface area contributed by atoms with Crippen LogP contribution in [0.2, 0.25) is 5.02 Å². The van der Waals surface area contributed by atoms with Crippen molar-refractivity contribution in [2.45, 2.75) is 25.7 Å². The van der Waals surface area contributed by atoms with E-state index in [-0.39, 0.29) is 23.7 Å². The molecule has 0 radical (unpaired) electrons. The summed E-state index contributed by atoms with van der Waals surface area (Å²) in [6.45, 7) is 3.32. The number of amides is 2. The van der Waals surface area contributed by atoms with Gasteiger partial charge in [-0.25, -0.2) is 0 Å². The van der Waals surface area contributed by atoms with Crippen molar-refractivity contribution in [3.63, 3.8) is 0 Å². The third kappa shape index (κ3) is 6.80. The lowest BCUT2D eigenvalue weighted by Gasteiger charge is -2.33. The Labute approximate surface area is 215 Å². The second-order valence-electron chi connectivity index (χ2n) is 8.11. The first-order valence-electron chi connectivity index (χ1n) is 10.7. The van der Waals surface area contributed by atoms with Crippen LogP contribution in [0.5, 0.6) is 0 Å². The molecule has 0 atom stereocenters. The Balaban J connectivity index is 0.000000186. The molecular weight excluding hydrogens is 576 g/mol. The van der Waals surface area contributed by atoms with Gasteiger partial charge in [0.05, 0.1) is 25.3 Å². The van der Waals surface area contributed by atoms with E-state index in [9.17, 15) is 9.59 Å². The molecule has 33 heavy (non-hydrogen) atoms. The highest BCUT2D eigenvalue weighted by Gasteiger charge is 2.26. The second kappa shape index (κ2) is 12.0. The first-order chi connectivity index (χ1) is 15.8. The number of nitrogens with two attached hydrogens (primary N) is 2. The minimum absolute atomic E-state index is 0.00867. The summed E-state index contributed by atoms with van der Waals surface area (Å²) in [5.41, 5.74) is 12.7. The minimum Gasteiger partial charge on any atom is -0.370 e. The second-order valence-corrected chi connectivity index (χ2v) is 10.2. The Kier molecular flexibility index (Phi) is 9.34. The minimum atomic E-state index is -0.204. The normalized spacial score (nSPS) is 17.3. The zero-order chi connectivity index (χ0) is 24.0. The molecule has 2 fully saturated rings. The van der Waals surface area contributed by atoms with Gasteiger partial charge in [-0.2, -0.15) is 0 Å². The lowest BCUT2D eigenvalue weighted by molar-refractivity contribution is -0.123. The third-order valence-corrected chi connectivity index (χ3v) is 7.50. The molecule has 178 valence electrons. The van der Waals surface area contributed by atoms with Crippen LogP contribution in [-0.2, 0) is 9.59 Å². The summed E-state index contributed by atoms with van der Waals surface area (Å²) in [6.07, 6.45) is 10.1. The number of hydrogen-bond acceptors (Lipinski definition) is 6. The van der Waals surface area contributed by atoms with Crippen molar-refractivity contribution in [1.82, 2.24) is 9.97 Å². The number of nitrogens with zero attached hydrogens (tertiary/aromatic N) is 4. The fourth-order valence-corrected chi connectivity index (χ4v) is 5.60. The van der Waals surface area contributed by atoms with E-state index in [0.29, 0.717) is 5.02 Å². The highest BCUT2D eigenvalue weighted by Crippen LogP contribution is 2.35. The number of piperidine rings is 2. The van der Waals surface area contributed by atoms with Crippen LogP contribution in [0, 0.1) is 11.8 Å². The summed E-state index contributed by atoms with van der Waals surface area (Å²) < 4.78 is 1.87. The molecule has 11 heteroatoms. The molecule has 2 amide bonds. The van der Waals surface area contributed by atoms with Gasteiger partial charge in [0.15, 0.2) is 0 Å². The highest BCUT2D eigenvalue weighted by atomic mass is 79.9. The van der Waals surface area contributed by atoms with Crippen molar-refractivity contribution in [3.8, 4) is 0 Å². The molecule has 0 bridgehead atoms. The standard InChI is InChI=1S/C11H13BrClN3O.C11H14BrN3O/c12-8-5-15-6-9(13)10(8)16-3-1-7(2-4-16)11(14)17;12-9-7-14-4-1-10(9)15-5-2-8(3-6-15)11(13)16/h5-7H,1-4H2,(H2,14,17);1,4,7-8H,2-3,5-6H2,(H2,13,16). The number of halogens is 3. The van der Waals surface area contributed by atoms with Crippen LogP contribution in [-0.4, -0.2) is 48.0 Å². The summed E-state index contributed by atoms with van der Waals surface area (Å²) in [5.74, 6) is -0.347. The van der Waals surface area contributed by atoms with E-state index in [4.69, 9.17) is 23.1 Å². The maximum absolute atomic E-state index is 11.1. The summed E-state index contributed by atoms with van der Waals surface area (Å²) in [5, 5.41) is 0.622. The van der Waals surface area contributed by atoms with E-state index in [0.717, 1.165) is 72.2 Å². The Morgan fingerprint density at radius 3 is 1.85 bits per heavy atom. The van der Waals surface area contributed by atoms with Crippen molar-refractivity contribution in [2.75, 3.05) is 36.0 Å². The predicted molar refractivity (Wildman–Crippen MR) is 137 cm³/mol. The van der Waals surface area contributed by atoms with E-state index >= 15 is 0 Å². The molecule has 0 spiro atoms. The van der Waals surface area contributed by atoms with Crippen LogP contribution in [0.25, 0.3) is 0 Å². The van der Waals surface area contributed by atoms with E-state index in [2.05, 4.69) is 51.6 Å². The topological polar surface area (TPSA) is 118 Å². The Morgan fingerprint density at radius 1 is 0.848 bits per heavy atom. The molecule has 4 N–H and O–H groups in total. The summed E-state index contributed by atoms with van der Waals surface area (Å²) in [7, 11) is 0. The van der Waals surface area contributed by atoms with Gasteiger partial charge in [-0.05, 0) is 63.6 Å². The van der Waals surface area contributed by atoms with Crippen molar-refractivity contribution in [3.05, 3.63) is 44.8 Å². The number of anilines is 2. The molecule has 4 rings (SSSR count). The van der Waals surface area contributed by atoms with Gasteiger partial charge in [0, 0.05) is 62.8 Å². The number of carbonyl (C=O) groups excluding carboxylic acids is 2. The molecule has 0 unspecified atom stereocenters. The zero-order valence-corrected chi connectivity index (χ0v) is 22.0. The van der Waals surface area contributed by atoms with Gasteiger partial charge in [0.2, 0.25) is 11.8 Å². The average molecular weight is 603 g/mol. The Bertz CT molecular complexity index is 959. The predicted octanol–water partition coefficient (Wildman–Crippen LogP) is 3.75. The molecule has 0 aromatic carbocycles. The highest BCUT2D eigenvalue weighted by molar-refractivity contribution is 9.11. The average Bonchev–Trinajstić information content (AvgIpc) is 2.80. The van der Waals surface area contributed by atoms with Gasteiger partial charge in [0.1, 0.15) is 0 Å². The third-order valence-electron chi connectivity index (χ3n) is 6.03. The van der Waals surface area contributed by atoms with E-state index in [1.165, 1.54) is 0 Å². The lowest BCUT2D eigenvalue weighted by Crippen LogP contribution is -2.38. The summed E-state index contributed by atoms with van der Waals surface area (Å²) in [4.78, 5) is 34.6. The van der Waals surface area contributed by atoms with Gasteiger partial charge in [-0.1, -0.05) is 11.6 Å². The number of pyridine rings is 2. The van der Waals surface area contributed by atoms with Crippen molar-refractivity contribution >= 4 is 66.6 Å². The molecule has 8 nitrogen and oxygen atoms in total. The van der Waals surface area contributed by atoms with Crippen LogP contribution in [0.1, 0.15) is 25.7 Å². The van der Waals surface area contributed by atoms with E-state index in [1.807, 2.05) is 6.07 Å². The van der Waals surface area contributed by atoms with Crippen LogP contribution in [0.3, 0.4) is 0 Å². The van der Waals surface area contributed by atoms with Gasteiger partial charge in [-0.3, -0.25) is 19.6 Å². The first-order valence-corrected chi connectivity index (χ1v) is 12.7. The number of carbonyl (C=O) groups is 2. The first kappa shape index (κ1) is 25.7. The van der Waals surface area contributed by atoms with Crippen LogP contribution >= 0.6 is 43.5 Å². The molecular formula is C22H27Br2ClN6O2. The zero-order valence-electron chi connectivity index (χ0n) is 18.1. The number of aromatic nitrogens is 2. The van der Waals surface area contributed by atoms with Crippen LogP contribution in [0.15, 0.2) is 39.8 Å². The van der Waals surface area contributed by atoms with Gasteiger partial charge < -0.3 is 21.3 Å². The molecule has 2 saturated heterocycles. The van der Waals surface area contributed by atoms with Crippen LogP contribution in [0.4, 0.5) is 11.4 Å². The van der Waals surface area contributed by atoms with E-state index < -0.39 is 0 Å². The van der Waals surface area contributed by atoms with Crippen molar-refractivity contribution in [1.29, 1.82) is 0 Å². The quantitative estimate of drug-likeness (QED) is 0.551. The summed E-state index contributed by atoms with van der Waals surface area (Å²) >= 11 is 13.1. The fourth-order valence-electron chi connectivity index (χ4n) is 4.12. The van der Waals surface area contributed by atoms with Gasteiger partial charge in [-0.15, -0.1) is 0 Å². The maximum Gasteiger partial charge on any atom is 0.220 e. The van der Waals surface area contributed by atoms with Crippen molar-refractivity contribution in [2.24, 2.45) is 23.3 Å². The number of primary amides is 2. The van der Waals surface area contributed by atoms with Crippen molar-refractivity contribution < 1.29 is 9.59 Å². The molecule has 4 heterocycles. The monoisotopic (exact) mass is 600 g/mol. The maximum atomic E-state index is 11.1. The van der Waals surface area contributed by atoms with E-state index in [1.54, 1.807) is 24.8 Å². The SMILES string of the molecule is NC(=O)C1CCN(c2c(Cl)cncc2Br)CC1.NC(=O)C1CCN(c2ccncc2Br)CC1. The Hall–Kier alpha value is -1.91. The van der Waals surface area contributed by atoms with Gasteiger partial charge >= 0.3 is 0 Å². The molecule has 0 aliphatic carbocycles. The molecule has 0 saturated carbocycles. The Morgan fingerprint density at radius 2 is 1.36 bits per heavy atom. The van der Waals surface area contributed by atoms with Crippen LogP contribution < -0.4 is 21.3 Å².